The first kappa shape index (κ1) is 17.0. The normalized spacial score (nSPS) is 15.5. The van der Waals surface area contributed by atoms with E-state index in [1.165, 1.54) is 27.9 Å². The van der Waals surface area contributed by atoms with Crippen molar-refractivity contribution in [2.75, 3.05) is 37.6 Å². The van der Waals surface area contributed by atoms with Gasteiger partial charge in [-0.25, -0.2) is 0 Å². The van der Waals surface area contributed by atoms with Crippen LogP contribution in [-0.4, -0.2) is 42.6 Å². The Bertz CT molecular complexity index is 895. The molecule has 0 aliphatic carbocycles. The van der Waals surface area contributed by atoms with Crippen LogP contribution in [0.2, 0.25) is 0 Å². The lowest BCUT2D eigenvalue weighted by Crippen LogP contribution is -2.47. The van der Waals surface area contributed by atoms with E-state index in [1.54, 1.807) is 0 Å². The van der Waals surface area contributed by atoms with Crippen molar-refractivity contribution in [1.29, 1.82) is 0 Å². The van der Waals surface area contributed by atoms with Gasteiger partial charge in [0.25, 0.3) is 0 Å². The molecule has 1 fully saturated rings. The molecule has 1 aliphatic heterocycles. The van der Waals surface area contributed by atoms with Crippen LogP contribution in [0.15, 0.2) is 54.6 Å². The first-order valence-corrected chi connectivity index (χ1v) is 9.58. The van der Waals surface area contributed by atoms with Gasteiger partial charge in [-0.05, 0) is 43.2 Å². The monoisotopic (exact) mass is 345 g/mol. The molecule has 0 atom stereocenters. The number of aromatic nitrogens is 1. The Morgan fingerprint density at radius 3 is 2.54 bits per heavy atom. The van der Waals surface area contributed by atoms with Gasteiger partial charge in [-0.1, -0.05) is 36.4 Å². The Balaban J connectivity index is 1.34. The zero-order valence-corrected chi connectivity index (χ0v) is 15.8. The van der Waals surface area contributed by atoms with Crippen molar-refractivity contribution >= 4 is 16.6 Å². The molecule has 3 aromatic rings. The maximum Gasteiger partial charge on any atom is 0.0705 e. The number of piperazine rings is 1. The van der Waals surface area contributed by atoms with Gasteiger partial charge in [-0.3, -0.25) is 9.88 Å². The van der Waals surface area contributed by atoms with Gasteiger partial charge in [0.2, 0.25) is 0 Å². The highest BCUT2D eigenvalue weighted by Crippen LogP contribution is 2.23. The topological polar surface area (TPSA) is 19.4 Å². The third kappa shape index (κ3) is 3.73. The van der Waals surface area contributed by atoms with Crippen LogP contribution >= 0.6 is 0 Å². The van der Waals surface area contributed by atoms with E-state index in [1.807, 2.05) is 0 Å². The molecule has 3 nitrogen and oxygen atoms in total. The highest BCUT2D eigenvalue weighted by molar-refractivity contribution is 5.78. The summed E-state index contributed by atoms with van der Waals surface area (Å²) in [5.74, 6) is 0. The van der Waals surface area contributed by atoms with Gasteiger partial charge in [0, 0.05) is 55.9 Å². The predicted octanol–water partition coefficient (Wildman–Crippen LogP) is 4.22. The van der Waals surface area contributed by atoms with Crippen molar-refractivity contribution in [3.05, 3.63) is 71.4 Å². The highest BCUT2D eigenvalue weighted by Gasteiger charge is 2.18. The summed E-state index contributed by atoms with van der Waals surface area (Å²) in [5.41, 5.74) is 6.42. The maximum absolute atomic E-state index is 4.81. The van der Waals surface area contributed by atoms with E-state index in [0.717, 1.165) is 44.7 Å². The number of hydrogen-bond donors (Lipinski definition) is 0. The number of aryl methyl sites for hydroxylation is 2. The smallest absolute Gasteiger partial charge is 0.0705 e. The fourth-order valence-electron chi connectivity index (χ4n) is 3.79. The summed E-state index contributed by atoms with van der Waals surface area (Å²) in [6, 6.07) is 19.5. The molecule has 4 rings (SSSR count). The zero-order chi connectivity index (χ0) is 17.9. The van der Waals surface area contributed by atoms with Gasteiger partial charge >= 0.3 is 0 Å². The molecule has 2 aromatic carbocycles. The van der Waals surface area contributed by atoms with Crippen LogP contribution in [0.5, 0.6) is 0 Å². The molecule has 0 saturated carbocycles. The summed E-state index contributed by atoms with van der Waals surface area (Å²) in [6.07, 6.45) is 1.02. The minimum atomic E-state index is 1.02. The average Bonchev–Trinajstić information content (AvgIpc) is 2.68. The van der Waals surface area contributed by atoms with E-state index >= 15 is 0 Å². The Hall–Kier alpha value is -2.39. The molecule has 1 aromatic heterocycles. The van der Waals surface area contributed by atoms with Crippen molar-refractivity contribution in [2.45, 2.75) is 20.3 Å². The van der Waals surface area contributed by atoms with E-state index in [0.29, 0.717) is 0 Å². The lowest BCUT2D eigenvalue weighted by atomic mass is 10.1. The van der Waals surface area contributed by atoms with Crippen LogP contribution in [0.25, 0.3) is 10.9 Å². The fourth-order valence-corrected chi connectivity index (χ4v) is 3.79. The van der Waals surface area contributed by atoms with Gasteiger partial charge in [0.15, 0.2) is 0 Å². The first-order valence-electron chi connectivity index (χ1n) is 9.58. The van der Waals surface area contributed by atoms with Crippen LogP contribution in [-0.2, 0) is 6.42 Å². The van der Waals surface area contributed by atoms with E-state index in [2.05, 4.69) is 78.2 Å². The van der Waals surface area contributed by atoms with Gasteiger partial charge in [0.05, 0.1) is 5.52 Å². The number of benzene rings is 2. The molecule has 0 spiro atoms. The largest absolute Gasteiger partial charge is 0.369 e. The molecule has 0 bridgehead atoms. The lowest BCUT2D eigenvalue weighted by molar-refractivity contribution is 0.260. The van der Waals surface area contributed by atoms with Gasteiger partial charge < -0.3 is 4.90 Å². The number of pyridine rings is 1. The molecule has 0 amide bonds. The van der Waals surface area contributed by atoms with E-state index in [4.69, 9.17) is 4.98 Å². The molecule has 1 aliphatic rings. The summed E-state index contributed by atoms with van der Waals surface area (Å²) in [6.45, 7) is 9.95. The van der Waals surface area contributed by atoms with Gasteiger partial charge in [-0.2, -0.15) is 0 Å². The van der Waals surface area contributed by atoms with E-state index in [-0.39, 0.29) is 0 Å². The molecule has 26 heavy (non-hydrogen) atoms. The summed E-state index contributed by atoms with van der Waals surface area (Å²) in [7, 11) is 0. The number of anilines is 1. The molecule has 0 unspecified atom stereocenters. The van der Waals surface area contributed by atoms with Crippen molar-refractivity contribution < 1.29 is 0 Å². The summed E-state index contributed by atoms with van der Waals surface area (Å²) >= 11 is 0. The molecule has 1 saturated heterocycles. The Morgan fingerprint density at radius 1 is 0.885 bits per heavy atom. The standard InChI is InChI=1S/C23H27N3/c1-18-7-8-19(2)23(17-18)26-15-13-25(14-16-26)12-11-21-10-9-20-5-3-4-6-22(20)24-21/h3-10,17H,11-16H2,1-2H3. The number of hydrogen-bond acceptors (Lipinski definition) is 3. The molecular weight excluding hydrogens is 318 g/mol. The Morgan fingerprint density at radius 2 is 1.69 bits per heavy atom. The number of nitrogens with zero attached hydrogens (tertiary/aromatic N) is 3. The minimum Gasteiger partial charge on any atom is -0.369 e. The molecule has 3 heteroatoms. The second-order valence-corrected chi connectivity index (χ2v) is 7.36. The third-order valence-electron chi connectivity index (χ3n) is 5.42. The summed E-state index contributed by atoms with van der Waals surface area (Å²) in [5, 5.41) is 1.22. The van der Waals surface area contributed by atoms with Gasteiger partial charge in [-0.15, -0.1) is 0 Å². The zero-order valence-electron chi connectivity index (χ0n) is 15.8. The Labute approximate surface area is 156 Å². The van der Waals surface area contributed by atoms with Crippen molar-refractivity contribution in [1.82, 2.24) is 9.88 Å². The second kappa shape index (κ2) is 7.46. The third-order valence-corrected chi connectivity index (χ3v) is 5.42. The SMILES string of the molecule is Cc1ccc(C)c(N2CCN(CCc3ccc4ccccc4n3)CC2)c1. The van der Waals surface area contributed by atoms with E-state index < -0.39 is 0 Å². The molecule has 134 valence electrons. The predicted molar refractivity (Wildman–Crippen MR) is 110 cm³/mol. The van der Waals surface area contributed by atoms with Gasteiger partial charge in [0.1, 0.15) is 0 Å². The van der Waals surface area contributed by atoms with Crippen molar-refractivity contribution in [2.24, 2.45) is 0 Å². The van der Waals surface area contributed by atoms with Crippen LogP contribution in [0.4, 0.5) is 5.69 Å². The van der Waals surface area contributed by atoms with Crippen molar-refractivity contribution in [3.8, 4) is 0 Å². The molecule has 2 heterocycles. The number of fused-ring (bicyclic) bond motifs is 1. The quantitative estimate of drug-likeness (QED) is 0.706. The summed E-state index contributed by atoms with van der Waals surface area (Å²) in [4.78, 5) is 9.91. The molecule has 0 radical (unpaired) electrons. The van der Waals surface area contributed by atoms with Crippen LogP contribution in [0.1, 0.15) is 16.8 Å². The van der Waals surface area contributed by atoms with Crippen LogP contribution in [0, 0.1) is 13.8 Å². The molecular formula is C23H27N3. The van der Waals surface area contributed by atoms with E-state index in [9.17, 15) is 0 Å². The van der Waals surface area contributed by atoms with Crippen LogP contribution in [0.3, 0.4) is 0 Å². The molecule has 0 N–H and O–H groups in total. The van der Waals surface area contributed by atoms with Crippen LogP contribution < -0.4 is 4.90 Å². The van der Waals surface area contributed by atoms with Crippen molar-refractivity contribution in [3.63, 3.8) is 0 Å². The summed E-state index contributed by atoms with van der Waals surface area (Å²) < 4.78 is 0. The average molecular weight is 345 g/mol. The fraction of sp³-hybridized carbons (Fsp3) is 0.348. The highest BCUT2D eigenvalue weighted by atomic mass is 15.3. The second-order valence-electron chi connectivity index (χ2n) is 7.36. The Kier molecular flexibility index (Phi) is 4.89. The minimum absolute atomic E-state index is 1.02. The number of para-hydroxylation sites is 1. The number of rotatable bonds is 4. The first-order chi connectivity index (χ1) is 12.7. The lowest BCUT2D eigenvalue weighted by Gasteiger charge is -2.37. The maximum atomic E-state index is 4.81.